The van der Waals surface area contributed by atoms with Crippen molar-refractivity contribution < 1.29 is 14.1 Å². The Hall–Kier alpha value is -1.83. The molecule has 0 bridgehead atoms. The first-order valence-electron chi connectivity index (χ1n) is 9.56. The summed E-state index contributed by atoms with van der Waals surface area (Å²) in [5.41, 5.74) is 7.09. The van der Waals surface area contributed by atoms with Crippen molar-refractivity contribution in [2.24, 2.45) is 9.50 Å². The minimum absolute atomic E-state index is 0.173. The van der Waals surface area contributed by atoms with Gasteiger partial charge in [-0.05, 0) is 75.1 Å². The molecule has 29 heavy (non-hydrogen) atoms. The summed E-state index contributed by atoms with van der Waals surface area (Å²) in [5, 5.41) is 19.0. The van der Waals surface area contributed by atoms with Crippen LogP contribution in [0.25, 0.3) is 0 Å². The number of amides is 2. The van der Waals surface area contributed by atoms with Crippen molar-refractivity contribution in [1.29, 1.82) is 0 Å². The Morgan fingerprint density at radius 1 is 1.34 bits per heavy atom. The molecule has 1 atom stereocenters. The number of rotatable bonds is 5. The first-order valence-corrected chi connectivity index (χ1v) is 12.0. The van der Waals surface area contributed by atoms with Crippen molar-refractivity contribution in [1.82, 2.24) is 0 Å². The molecular formula is C21H27N3O3S2. The lowest BCUT2D eigenvalue weighted by Crippen LogP contribution is -2.23. The molecule has 0 radical (unpaired) electrons. The minimum atomic E-state index is -3.49. The van der Waals surface area contributed by atoms with Crippen LogP contribution in [0.4, 0.5) is 10.5 Å². The first kappa shape index (κ1) is 21.9. The van der Waals surface area contributed by atoms with Crippen LogP contribution in [-0.4, -0.2) is 20.9 Å². The van der Waals surface area contributed by atoms with Crippen molar-refractivity contribution in [3.05, 3.63) is 55.8 Å². The van der Waals surface area contributed by atoms with E-state index in [1.165, 1.54) is 17.2 Å². The predicted molar refractivity (Wildman–Crippen MR) is 120 cm³/mol. The number of benzene rings is 1. The van der Waals surface area contributed by atoms with Gasteiger partial charge in [0, 0.05) is 5.69 Å². The van der Waals surface area contributed by atoms with Crippen LogP contribution in [0.15, 0.2) is 38.0 Å². The maximum atomic E-state index is 13.0. The fraction of sp³-hybridized carbons (Fsp3) is 0.429. The van der Waals surface area contributed by atoms with Gasteiger partial charge >= 0.3 is 6.03 Å². The molecule has 6 nitrogen and oxygen atoms in total. The quantitative estimate of drug-likeness (QED) is 0.606. The lowest BCUT2D eigenvalue weighted by Gasteiger charge is -2.25. The van der Waals surface area contributed by atoms with Gasteiger partial charge in [-0.25, -0.2) is 14.1 Å². The Bertz CT molecular complexity index is 1070. The normalized spacial score (nSPS) is 17.3. The van der Waals surface area contributed by atoms with Crippen molar-refractivity contribution in [3.63, 3.8) is 0 Å². The van der Waals surface area contributed by atoms with Crippen LogP contribution < -0.4 is 10.5 Å². The van der Waals surface area contributed by atoms with Crippen LogP contribution in [0.3, 0.4) is 0 Å². The molecule has 1 aromatic carbocycles. The van der Waals surface area contributed by atoms with E-state index >= 15 is 0 Å². The number of nitrogens with zero attached hydrogens (tertiary/aromatic N) is 1. The molecule has 0 saturated carbocycles. The maximum absolute atomic E-state index is 13.0. The number of aliphatic hydroxyl groups is 1. The Balaban J connectivity index is 1.87. The molecule has 3 rings (SSSR count). The fourth-order valence-corrected chi connectivity index (χ4v) is 5.86. The molecule has 4 N–H and O–H groups in total. The first-order chi connectivity index (χ1) is 13.6. The molecule has 0 aliphatic heterocycles. The second-order valence-electron chi connectivity index (χ2n) is 7.75. The third-order valence-electron chi connectivity index (χ3n) is 5.14. The van der Waals surface area contributed by atoms with Crippen molar-refractivity contribution in [2.45, 2.75) is 58.5 Å². The standard InChI is InChI=1S/C21H27N3O3S2/c1-5-17(21(3,4)26)28-18(6-2)29(22,27)24-20(25)23-19-15-9-7-8-13(15)12-14-10-11-16(14)19/h6,12,26H,1,7-11H2,2-4H3,(H3,22,23,24,25,27)/b18-6+. The average Bonchev–Trinajstić information content (AvgIpc) is 3.05. The number of nitrogens with two attached hydrogens (primary N) is 1. The second kappa shape index (κ2) is 8.13. The molecule has 2 aliphatic carbocycles. The number of hydrogen-bond donors (Lipinski definition) is 3. The van der Waals surface area contributed by atoms with Crippen LogP contribution in [0.5, 0.6) is 0 Å². The molecule has 0 saturated heterocycles. The van der Waals surface area contributed by atoms with E-state index in [9.17, 15) is 14.1 Å². The number of urea groups is 1. The van der Waals surface area contributed by atoms with Crippen LogP contribution in [-0.2, 0) is 35.6 Å². The van der Waals surface area contributed by atoms with E-state index in [-0.39, 0.29) is 4.24 Å². The smallest absolute Gasteiger partial charge is 0.354 e. The zero-order valence-corrected chi connectivity index (χ0v) is 18.6. The van der Waals surface area contributed by atoms with Crippen LogP contribution in [0.1, 0.15) is 49.4 Å². The van der Waals surface area contributed by atoms with Crippen molar-refractivity contribution in [3.8, 4) is 0 Å². The summed E-state index contributed by atoms with van der Waals surface area (Å²) < 4.78 is 17.0. The van der Waals surface area contributed by atoms with Crippen LogP contribution >= 0.6 is 11.8 Å². The molecule has 0 aromatic heterocycles. The van der Waals surface area contributed by atoms with Crippen LogP contribution in [0.2, 0.25) is 0 Å². The van der Waals surface area contributed by atoms with E-state index in [1.807, 2.05) is 0 Å². The summed E-state index contributed by atoms with van der Waals surface area (Å²) in [5.74, 6) is 0. The van der Waals surface area contributed by atoms with Gasteiger partial charge in [-0.15, -0.1) is 10.1 Å². The highest BCUT2D eigenvalue weighted by atomic mass is 32.3. The summed E-state index contributed by atoms with van der Waals surface area (Å²) in [6.07, 6.45) is 6.47. The van der Waals surface area contributed by atoms with Crippen molar-refractivity contribution in [2.75, 3.05) is 5.32 Å². The predicted octanol–water partition coefficient (Wildman–Crippen LogP) is 4.18. The zero-order chi connectivity index (χ0) is 21.4. The monoisotopic (exact) mass is 433 g/mol. The highest BCUT2D eigenvalue weighted by Crippen LogP contribution is 2.40. The minimum Gasteiger partial charge on any atom is -0.385 e. The van der Waals surface area contributed by atoms with Gasteiger partial charge in [-0.3, -0.25) is 0 Å². The molecule has 2 amide bonds. The highest BCUT2D eigenvalue weighted by molar-refractivity contribution is 8.20. The SMILES string of the molecule is C=C=C(S/C(=C\C)S(N)(=O)=NC(=O)Nc1c2c(cc3c1CC3)CCC2)C(C)(C)O. The largest absolute Gasteiger partial charge is 0.385 e. The Morgan fingerprint density at radius 3 is 2.55 bits per heavy atom. The van der Waals surface area contributed by atoms with Gasteiger partial charge in [0.15, 0.2) is 0 Å². The van der Waals surface area contributed by atoms with E-state index in [4.69, 9.17) is 5.14 Å². The lowest BCUT2D eigenvalue weighted by molar-refractivity contribution is 0.129. The van der Waals surface area contributed by atoms with Gasteiger partial charge in [0.25, 0.3) is 0 Å². The summed E-state index contributed by atoms with van der Waals surface area (Å²) in [4.78, 5) is 13.0. The zero-order valence-electron chi connectivity index (χ0n) is 17.0. The number of aryl methyl sites for hydroxylation is 2. The fourth-order valence-electron chi connectivity index (χ4n) is 3.66. The van der Waals surface area contributed by atoms with Crippen molar-refractivity contribution >= 4 is 33.4 Å². The topological polar surface area (TPSA) is 105 Å². The van der Waals surface area contributed by atoms with Crippen LogP contribution in [0, 0.1) is 0 Å². The van der Waals surface area contributed by atoms with Gasteiger partial charge in [0.05, 0.1) is 14.7 Å². The number of allylic oxidation sites excluding steroid dienone is 1. The van der Waals surface area contributed by atoms with E-state index in [0.29, 0.717) is 4.91 Å². The van der Waals surface area contributed by atoms with E-state index in [2.05, 4.69) is 28.1 Å². The number of carbonyl (C=O) groups is 1. The third-order valence-corrected chi connectivity index (χ3v) is 8.64. The third kappa shape index (κ3) is 4.52. The molecule has 0 fully saturated rings. The number of carbonyl (C=O) groups excluding carboxylic acids is 1. The molecule has 8 heteroatoms. The molecule has 0 heterocycles. The number of fused-ring (bicyclic) bond motifs is 2. The van der Waals surface area contributed by atoms with Gasteiger partial charge in [-0.2, -0.15) is 0 Å². The second-order valence-corrected chi connectivity index (χ2v) is 10.8. The lowest BCUT2D eigenvalue weighted by atomic mass is 9.83. The Morgan fingerprint density at radius 2 is 2.00 bits per heavy atom. The average molecular weight is 434 g/mol. The summed E-state index contributed by atoms with van der Waals surface area (Å²) in [6.45, 7) is 8.34. The van der Waals surface area contributed by atoms with Gasteiger partial charge in [0.2, 0.25) is 0 Å². The Labute approximate surface area is 176 Å². The number of anilines is 1. The van der Waals surface area contributed by atoms with E-state index < -0.39 is 21.5 Å². The summed E-state index contributed by atoms with van der Waals surface area (Å²) >= 11 is 0.969. The number of thioether (sulfide) groups is 1. The van der Waals surface area contributed by atoms with Gasteiger partial charge in [0.1, 0.15) is 9.92 Å². The van der Waals surface area contributed by atoms with E-state index in [1.54, 1.807) is 20.8 Å². The molecule has 1 aromatic rings. The maximum Gasteiger partial charge on any atom is 0.354 e. The number of hydrogen-bond acceptors (Lipinski definition) is 4. The molecule has 2 aliphatic rings. The Kier molecular flexibility index (Phi) is 6.13. The van der Waals surface area contributed by atoms with Gasteiger partial charge < -0.3 is 10.4 Å². The number of nitrogens with one attached hydrogen (secondary N) is 1. The molecular weight excluding hydrogens is 406 g/mol. The highest BCUT2D eigenvalue weighted by Gasteiger charge is 2.28. The van der Waals surface area contributed by atoms with E-state index in [0.717, 1.165) is 60.7 Å². The molecule has 156 valence electrons. The van der Waals surface area contributed by atoms with Gasteiger partial charge in [-0.1, -0.05) is 30.5 Å². The molecule has 1 unspecified atom stereocenters. The summed E-state index contributed by atoms with van der Waals surface area (Å²) in [6, 6.07) is 1.52. The molecule has 0 spiro atoms. The summed E-state index contributed by atoms with van der Waals surface area (Å²) in [7, 11) is -3.49.